The number of rotatable bonds is 2. The maximum Gasteiger partial charge on any atom is 0.101 e. The number of nitrogens with two attached hydrogens (primary N) is 1. The SMILES string of the molecule is NC1(C(O)CO)C=CC=CC1O. The predicted octanol–water partition coefficient (Wildman–Crippen LogP) is -1.48. The van der Waals surface area contributed by atoms with Crippen molar-refractivity contribution >= 4 is 0 Å². The van der Waals surface area contributed by atoms with Gasteiger partial charge in [-0.1, -0.05) is 24.3 Å². The highest BCUT2D eigenvalue weighted by molar-refractivity contribution is 5.26. The van der Waals surface area contributed by atoms with E-state index in [0.29, 0.717) is 0 Å². The number of hydrogen-bond donors (Lipinski definition) is 4. The van der Waals surface area contributed by atoms with Crippen molar-refractivity contribution in [1.82, 2.24) is 0 Å². The zero-order valence-corrected chi connectivity index (χ0v) is 6.59. The summed E-state index contributed by atoms with van der Waals surface area (Å²) in [5.74, 6) is 0. The van der Waals surface area contributed by atoms with Crippen LogP contribution < -0.4 is 5.73 Å². The molecule has 0 bridgehead atoms. The molecule has 1 aliphatic rings. The molecule has 0 aromatic rings. The molecule has 3 atom stereocenters. The predicted molar refractivity (Wildman–Crippen MR) is 44.3 cm³/mol. The third kappa shape index (κ3) is 1.42. The van der Waals surface area contributed by atoms with Crippen molar-refractivity contribution in [3.8, 4) is 0 Å². The first-order valence-corrected chi connectivity index (χ1v) is 3.73. The van der Waals surface area contributed by atoms with E-state index in [2.05, 4.69) is 0 Å². The Labute approximate surface area is 70.6 Å². The Kier molecular flexibility index (Phi) is 2.64. The first-order valence-electron chi connectivity index (χ1n) is 3.73. The van der Waals surface area contributed by atoms with Gasteiger partial charge >= 0.3 is 0 Å². The highest BCUT2D eigenvalue weighted by atomic mass is 16.3. The van der Waals surface area contributed by atoms with E-state index in [4.69, 9.17) is 10.8 Å². The summed E-state index contributed by atoms with van der Waals surface area (Å²) in [6.07, 6.45) is 4.13. The van der Waals surface area contributed by atoms with Gasteiger partial charge < -0.3 is 21.1 Å². The molecule has 12 heavy (non-hydrogen) atoms. The molecule has 4 nitrogen and oxygen atoms in total. The van der Waals surface area contributed by atoms with E-state index in [1.54, 1.807) is 12.2 Å². The Bertz CT molecular complexity index is 214. The van der Waals surface area contributed by atoms with E-state index >= 15 is 0 Å². The molecule has 4 heteroatoms. The topological polar surface area (TPSA) is 86.7 Å². The standard InChI is InChI=1S/C8H13NO3/c9-8(7(12)5-10)4-2-1-3-6(8)11/h1-4,6-7,10-12H,5,9H2. The lowest BCUT2D eigenvalue weighted by Gasteiger charge is -2.34. The number of aliphatic hydroxyl groups excluding tert-OH is 3. The molecule has 0 amide bonds. The molecular weight excluding hydrogens is 158 g/mol. The molecule has 5 N–H and O–H groups in total. The van der Waals surface area contributed by atoms with Crippen LogP contribution in [0.15, 0.2) is 24.3 Å². The second-order valence-electron chi connectivity index (χ2n) is 2.89. The lowest BCUT2D eigenvalue weighted by atomic mass is 9.84. The summed E-state index contributed by atoms with van der Waals surface area (Å²) in [6, 6.07) is 0. The quantitative estimate of drug-likeness (QED) is 0.408. The van der Waals surface area contributed by atoms with Crippen molar-refractivity contribution in [2.75, 3.05) is 6.61 Å². The monoisotopic (exact) mass is 171 g/mol. The summed E-state index contributed by atoms with van der Waals surface area (Å²) in [6.45, 7) is -0.467. The number of allylic oxidation sites excluding steroid dienone is 2. The van der Waals surface area contributed by atoms with Gasteiger partial charge in [0.1, 0.15) is 6.10 Å². The molecule has 0 radical (unpaired) electrons. The number of hydrogen-bond acceptors (Lipinski definition) is 4. The van der Waals surface area contributed by atoms with Crippen LogP contribution in [0.5, 0.6) is 0 Å². The lowest BCUT2D eigenvalue weighted by molar-refractivity contribution is 0.00237. The van der Waals surface area contributed by atoms with E-state index in [1.165, 1.54) is 12.2 Å². The molecule has 0 saturated carbocycles. The van der Waals surface area contributed by atoms with Crippen molar-refractivity contribution in [3.05, 3.63) is 24.3 Å². The summed E-state index contributed by atoms with van der Waals surface area (Å²) in [7, 11) is 0. The second kappa shape index (κ2) is 3.37. The third-order valence-electron chi connectivity index (χ3n) is 2.05. The minimum Gasteiger partial charge on any atom is -0.394 e. The lowest BCUT2D eigenvalue weighted by Crippen LogP contribution is -2.59. The Morgan fingerprint density at radius 2 is 2.17 bits per heavy atom. The fourth-order valence-corrected chi connectivity index (χ4v) is 1.12. The molecular formula is C8H13NO3. The third-order valence-corrected chi connectivity index (χ3v) is 2.05. The van der Waals surface area contributed by atoms with Gasteiger partial charge in [0, 0.05) is 0 Å². The van der Waals surface area contributed by atoms with Crippen LogP contribution in [0.25, 0.3) is 0 Å². The molecule has 0 aliphatic heterocycles. The molecule has 0 saturated heterocycles. The van der Waals surface area contributed by atoms with Gasteiger partial charge in [-0.3, -0.25) is 0 Å². The zero-order valence-electron chi connectivity index (χ0n) is 6.59. The maximum atomic E-state index is 9.40. The Hall–Kier alpha value is -0.680. The molecule has 1 rings (SSSR count). The van der Waals surface area contributed by atoms with Gasteiger partial charge in [-0.05, 0) is 0 Å². The summed E-state index contributed by atoms with van der Waals surface area (Å²) in [5, 5.41) is 27.4. The van der Waals surface area contributed by atoms with Crippen LogP contribution in [-0.4, -0.2) is 39.7 Å². The molecule has 3 unspecified atom stereocenters. The zero-order chi connectivity index (χ0) is 9.19. The second-order valence-corrected chi connectivity index (χ2v) is 2.89. The van der Waals surface area contributed by atoms with Crippen LogP contribution >= 0.6 is 0 Å². The van der Waals surface area contributed by atoms with Crippen LogP contribution in [0.3, 0.4) is 0 Å². The van der Waals surface area contributed by atoms with Crippen LogP contribution in [-0.2, 0) is 0 Å². The van der Waals surface area contributed by atoms with E-state index in [1.807, 2.05) is 0 Å². The average Bonchev–Trinajstić information content (AvgIpc) is 2.09. The Morgan fingerprint density at radius 1 is 1.50 bits per heavy atom. The smallest absolute Gasteiger partial charge is 0.101 e. The van der Waals surface area contributed by atoms with E-state index < -0.39 is 24.4 Å². The summed E-state index contributed by atoms with van der Waals surface area (Å²) < 4.78 is 0. The van der Waals surface area contributed by atoms with Gasteiger partial charge in [0.05, 0.1) is 18.2 Å². The van der Waals surface area contributed by atoms with Gasteiger partial charge in [0.2, 0.25) is 0 Å². The van der Waals surface area contributed by atoms with Gasteiger partial charge in [-0.25, -0.2) is 0 Å². The molecule has 0 aromatic carbocycles. The first kappa shape index (κ1) is 9.41. The van der Waals surface area contributed by atoms with Gasteiger partial charge in [-0.15, -0.1) is 0 Å². The van der Waals surface area contributed by atoms with Gasteiger partial charge in [0.25, 0.3) is 0 Å². The maximum absolute atomic E-state index is 9.40. The molecule has 0 heterocycles. The molecule has 0 aromatic heterocycles. The summed E-state index contributed by atoms with van der Waals surface area (Å²) in [5.41, 5.74) is 4.40. The van der Waals surface area contributed by atoms with Gasteiger partial charge in [0.15, 0.2) is 0 Å². The highest BCUT2D eigenvalue weighted by Crippen LogP contribution is 2.19. The fraction of sp³-hybridized carbons (Fsp3) is 0.500. The van der Waals surface area contributed by atoms with E-state index in [9.17, 15) is 10.2 Å². The van der Waals surface area contributed by atoms with E-state index in [0.717, 1.165) is 0 Å². The fourth-order valence-electron chi connectivity index (χ4n) is 1.12. The highest BCUT2D eigenvalue weighted by Gasteiger charge is 2.37. The van der Waals surface area contributed by atoms with Crippen molar-refractivity contribution in [1.29, 1.82) is 0 Å². The molecule has 0 spiro atoms. The van der Waals surface area contributed by atoms with Crippen molar-refractivity contribution in [2.45, 2.75) is 17.7 Å². The Morgan fingerprint density at radius 3 is 2.67 bits per heavy atom. The van der Waals surface area contributed by atoms with Gasteiger partial charge in [-0.2, -0.15) is 0 Å². The average molecular weight is 171 g/mol. The largest absolute Gasteiger partial charge is 0.394 e. The minimum absolute atomic E-state index is 0.467. The number of aliphatic hydroxyl groups is 3. The summed E-state index contributed by atoms with van der Waals surface area (Å²) in [4.78, 5) is 0. The first-order chi connectivity index (χ1) is 5.61. The molecule has 1 aliphatic carbocycles. The van der Waals surface area contributed by atoms with E-state index in [-0.39, 0.29) is 0 Å². The van der Waals surface area contributed by atoms with Crippen molar-refractivity contribution < 1.29 is 15.3 Å². The Balaban J connectivity index is 2.82. The van der Waals surface area contributed by atoms with Crippen LogP contribution in [0.2, 0.25) is 0 Å². The molecule has 68 valence electrons. The summed E-state index contributed by atoms with van der Waals surface area (Å²) >= 11 is 0. The molecule has 0 fully saturated rings. The van der Waals surface area contributed by atoms with Crippen LogP contribution in [0.1, 0.15) is 0 Å². The normalized spacial score (nSPS) is 36.8. The van der Waals surface area contributed by atoms with Crippen LogP contribution in [0.4, 0.5) is 0 Å². The van der Waals surface area contributed by atoms with Crippen molar-refractivity contribution in [2.24, 2.45) is 5.73 Å². The minimum atomic E-state index is -1.26. The van der Waals surface area contributed by atoms with Crippen LogP contribution in [0, 0.1) is 0 Å². The van der Waals surface area contributed by atoms with Crippen molar-refractivity contribution in [3.63, 3.8) is 0 Å².